The summed E-state index contributed by atoms with van der Waals surface area (Å²) in [5, 5.41) is 53.2. The number of ketones is 3. The summed E-state index contributed by atoms with van der Waals surface area (Å²) >= 11 is 0. The molecule has 0 aliphatic heterocycles. The van der Waals surface area contributed by atoms with Gasteiger partial charge < -0.3 is 67.4 Å². The number of phenols is 1. The van der Waals surface area contributed by atoms with Crippen LogP contribution in [0.4, 0.5) is 40.6 Å². The van der Waals surface area contributed by atoms with Crippen molar-refractivity contribution in [3.05, 3.63) is 329 Å². The fraction of sp³-hybridized carbons (Fsp3) is 0.210. The van der Waals surface area contributed by atoms with E-state index in [-0.39, 0.29) is 95.2 Å². The fourth-order valence-electron chi connectivity index (χ4n) is 16.7. The molecule has 0 spiro atoms. The van der Waals surface area contributed by atoms with Crippen molar-refractivity contribution in [1.82, 2.24) is 35.2 Å². The smallest absolute Gasteiger partial charge is 0.507 e. The molecule has 642 valence electrons. The van der Waals surface area contributed by atoms with E-state index in [1.807, 2.05) is 207 Å². The monoisotopic (exact) mass is 1740 g/mol. The summed E-state index contributed by atoms with van der Waals surface area (Å²) in [6.07, 6.45) is 2.89. The molecule has 3 aliphatic rings. The van der Waals surface area contributed by atoms with Gasteiger partial charge in [0.15, 0.2) is 28.2 Å². The minimum absolute atomic E-state index is 0. The normalized spacial score (nSPS) is 12.2. The minimum Gasteiger partial charge on any atom is -0.507 e. The maximum absolute atomic E-state index is 13.3. The second-order valence-electron chi connectivity index (χ2n) is 32.2. The van der Waals surface area contributed by atoms with Crippen molar-refractivity contribution in [2.24, 2.45) is 16.0 Å². The summed E-state index contributed by atoms with van der Waals surface area (Å²) in [6, 6.07) is 58.1. The van der Waals surface area contributed by atoms with Crippen molar-refractivity contribution in [1.29, 1.82) is 0 Å². The van der Waals surface area contributed by atoms with E-state index < -0.39 is 10.6 Å². The number of aliphatic hydroxyl groups excluding tert-OH is 2. The Morgan fingerprint density at radius 1 is 0.492 bits per heavy atom. The number of anilines is 5. The number of azo groups is 1. The van der Waals surface area contributed by atoms with Crippen molar-refractivity contribution >= 4 is 145 Å². The molecule has 0 bridgehead atoms. The number of carbonyl (C=O) groups is 3. The summed E-state index contributed by atoms with van der Waals surface area (Å²) in [4.78, 5) is 104. The Labute approximate surface area is 759 Å². The quantitative estimate of drug-likeness (QED) is 0.0141. The molecular weight excluding hydrogens is 1640 g/mol. The van der Waals surface area contributed by atoms with Crippen LogP contribution in [0.1, 0.15) is 151 Å². The molecular formula is C100H93N14NaO12S. The van der Waals surface area contributed by atoms with Crippen molar-refractivity contribution < 1.29 is 71.9 Å². The Balaban J connectivity index is 0.000000137. The Hall–Kier alpha value is -13.6. The number of hydrogen-bond acceptors (Lipinski definition) is 23. The molecule has 12 aromatic carbocycles. The molecule has 19 rings (SSSR count). The number of nitrogens with one attached hydrogen (secondary N) is 6. The fourth-order valence-corrected chi connectivity index (χ4v) is 16.7. The SMILES string of the molecule is CCCNc1nc(Nc2ccc(N=Nc3c(N)ccc4cc(C)cc(O)c34)c(C)c2)nc(N(CCO)CCO)n1.CCNCc1cc2[nH]c3cc4c(cc3c(=O)c2cc1C)Cc1ccc(C)cc1C4=O.Cc1ccc2c(c1)C(=O)c1cc3[nH]c4cc(CN)c(C)cc4c(=O)c3cc1C2.Cc1ccc2c(c1)C(=O)c1cc3[nH]c4cc[c-]cc4c(=O)c3cc1C2.O=S(=O)=O.[Na+]. The molecule has 0 atom stereocenters. The van der Waals surface area contributed by atoms with E-state index in [9.17, 15) is 44.1 Å². The van der Waals surface area contributed by atoms with E-state index in [0.29, 0.717) is 138 Å². The third-order valence-corrected chi connectivity index (χ3v) is 23.1. The van der Waals surface area contributed by atoms with Crippen LogP contribution >= 0.6 is 0 Å². The number of benzene rings is 12. The number of aromatic nitrogens is 6. The summed E-state index contributed by atoms with van der Waals surface area (Å²) in [6.45, 7) is 21.0. The van der Waals surface area contributed by atoms with Gasteiger partial charge in [-0.05, 0) is 262 Å². The number of nitrogen functional groups attached to an aromatic ring is 1. The van der Waals surface area contributed by atoms with Gasteiger partial charge in [0, 0.05) is 104 Å². The maximum atomic E-state index is 13.3. The van der Waals surface area contributed by atoms with Crippen LogP contribution in [0.2, 0.25) is 0 Å². The first-order valence-corrected chi connectivity index (χ1v) is 42.7. The number of aromatic amines is 3. The Morgan fingerprint density at radius 2 is 0.961 bits per heavy atom. The number of H-pyrrole nitrogens is 3. The molecule has 0 saturated carbocycles. The first-order chi connectivity index (χ1) is 61.1. The zero-order valence-electron chi connectivity index (χ0n) is 72.5. The predicted molar refractivity (Wildman–Crippen MR) is 500 cm³/mol. The third-order valence-electron chi connectivity index (χ3n) is 23.1. The van der Waals surface area contributed by atoms with Gasteiger partial charge in [-0.3, -0.25) is 24.0 Å². The van der Waals surface area contributed by atoms with E-state index >= 15 is 0 Å². The van der Waals surface area contributed by atoms with Gasteiger partial charge >= 0.3 is 40.2 Å². The van der Waals surface area contributed by atoms with Crippen LogP contribution in [0.5, 0.6) is 5.75 Å². The number of rotatable bonds is 16. The van der Waals surface area contributed by atoms with Crippen molar-refractivity contribution in [3.63, 3.8) is 0 Å². The molecule has 0 saturated heterocycles. The van der Waals surface area contributed by atoms with Gasteiger partial charge in [-0.2, -0.15) is 38.3 Å². The first-order valence-electron chi connectivity index (χ1n) is 41.7. The Kier molecular flexibility index (Phi) is 27.4. The number of pyridine rings is 3. The van der Waals surface area contributed by atoms with E-state index in [2.05, 4.69) is 69.1 Å². The molecule has 128 heavy (non-hydrogen) atoms. The number of aliphatic hydroxyl groups is 2. The van der Waals surface area contributed by atoms with Crippen LogP contribution in [0.25, 0.3) is 76.2 Å². The van der Waals surface area contributed by atoms with Crippen LogP contribution in [-0.4, -0.2) is 115 Å². The zero-order chi connectivity index (χ0) is 89.9. The van der Waals surface area contributed by atoms with Crippen LogP contribution in [0.3, 0.4) is 0 Å². The molecule has 3 aliphatic carbocycles. The summed E-state index contributed by atoms with van der Waals surface area (Å²) in [5.41, 5.74) is 38.1. The second-order valence-corrected chi connectivity index (χ2v) is 32.6. The van der Waals surface area contributed by atoms with Crippen molar-refractivity contribution in [2.45, 2.75) is 101 Å². The minimum atomic E-state index is -3.11. The largest absolute Gasteiger partial charge is 1.00 e. The molecule has 26 nitrogen and oxygen atoms in total. The van der Waals surface area contributed by atoms with Gasteiger partial charge in [-0.25, -0.2) is 0 Å². The van der Waals surface area contributed by atoms with Crippen molar-refractivity contribution in [2.75, 3.05) is 60.7 Å². The maximum Gasteiger partial charge on any atom is 1.00 e. The summed E-state index contributed by atoms with van der Waals surface area (Å²) in [7, 11) is -3.11. The Morgan fingerprint density at radius 3 is 1.45 bits per heavy atom. The molecule has 0 amide bonds. The molecule has 16 aromatic rings. The van der Waals surface area contributed by atoms with Gasteiger partial charge in [0.25, 0.3) is 0 Å². The predicted octanol–water partition coefficient (Wildman–Crippen LogP) is 13.1. The zero-order valence-corrected chi connectivity index (χ0v) is 75.3. The van der Waals surface area contributed by atoms with Gasteiger partial charge in [0.1, 0.15) is 16.9 Å². The third kappa shape index (κ3) is 18.9. The number of aromatic hydroxyl groups is 1. The van der Waals surface area contributed by atoms with E-state index in [1.165, 1.54) is 0 Å². The average Bonchev–Trinajstić information content (AvgIpc) is 0.558. The molecule has 13 N–H and O–H groups in total. The number of aryl methyl sites for hydroxylation is 7. The van der Waals surface area contributed by atoms with E-state index in [4.69, 9.17) is 24.1 Å². The van der Waals surface area contributed by atoms with Crippen LogP contribution in [0, 0.1) is 54.5 Å². The number of nitrogens with two attached hydrogens (primary N) is 2. The van der Waals surface area contributed by atoms with Gasteiger partial charge in [-0.1, -0.05) is 90.0 Å². The van der Waals surface area contributed by atoms with Crippen molar-refractivity contribution in [3.8, 4) is 5.75 Å². The standard InChI is InChI=1S/C28H35N9O3.C26H24N2O2.C24H20N2O2.C22H14NO2.Na.O3S/c1-4-9-30-26-32-27(34-28(33-26)37(10-12-38)11-13-39)31-20-6-8-22(18(3)16-20)35-36-25-21(29)7-5-19-14-17(2)15-23(40)24(19)25;1-4-27-13-18-11-23-21(8-15(18)3)26(30)22-10-17-9-16-6-5-14(2)7-19(16)25(29)20(17)12-24(22)28-23;1-12-3-4-14-7-15-8-20-22(10-18(15)23(27)17(14)5-12)26-21-9-16(11-25)13(2)6-19(21)24(20)28;1-12-6-7-13-9-14-10-18-20(11-17(14)22(25)16(13)8-12)23-19-5-3-2-4-15(19)21(18)24;;1-4(2)3/h5-8,14-16,38-40H,4,9-13,29H2,1-3H3,(H2,30,31,32,33,34);5-8,10-12,27H,4,9,13H2,1-3H3,(H,28,30);3-6,8-10H,7,11,25H2,1-2H3,(H,26,28);3-8,10-11H,9H2,1H3,(H,23,24);;/q;;;-1;+1;. The van der Waals surface area contributed by atoms with Gasteiger partial charge in [-0.15, -0.1) is 23.8 Å². The first kappa shape index (κ1) is 90.6. The van der Waals surface area contributed by atoms with Gasteiger partial charge in [0.05, 0.1) is 52.0 Å². The number of fused-ring (bicyclic) bond motifs is 13. The number of nitrogens with zero attached hydrogens (tertiary/aromatic N) is 6. The van der Waals surface area contributed by atoms with Crippen LogP contribution in [-0.2, 0) is 43.0 Å². The molecule has 0 radical (unpaired) electrons. The number of phenolic OH excluding ortho intramolecular Hbond substituents is 1. The molecule has 4 heterocycles. The topological polar surface area (TPSA) is 416 Å². The molecule has 0 fully saturated rings. The molecule has 28 heteroatoms. The number of carbonyl (C=O) groups excluding carboxylic acids is 3. The second kappa shape index (κ2) is 38.7. The van der Waals surface area contributed by atoms with Crippen LogP contribution < -0.4 is 78.2 Å². The van der Waals surface area contributed by atoms with Gasteiger partial charge in [0.2, 0.25) is 17.8 Å². The Bertz CT molecular complexity index is 7570. The molecule has 0 unspecified atom stereocenters. The van der Waals surface area contributed by atoms with E-state index in [0.717, 1.165) is 147 Å². The number of hydrogen-bond donors (Lipinski definition) is 11. The summed E-state index contributed by atoms with van der Waals surface area (Å²) in [5.74, 6) is 1.24. The van der Waals surface area contributed by atoms with Crippen LogP contribution in [0.15, 0.2) is 201 Å². The summed E-state index contributed by atoms with van der Waals surface area (Å²) < 4.78 is 25.3. The van der Waals surface area contributed by atoms with E-state index in [1.54, 1.807) is 29.2 Å². The average molecular weight is 1740 g/mol. The molecule has 4 aromatic heterocycles.